The number of carboxylic acid groups (broad SMARTS) is 1. The largest absolute Gasteiger partial charge is 0.491 e. The maximum absolute atomic E-state index is 10.9. The molecule has 0 saturated carbocycles. The summed E-state index contributed by atoms with van der Waals surface area (Å²) in [5.74, 6) is -0.684. The zero-order chi connectivity index (χ0) is 13.9. The lowest BCUT2D eigenvalue weighted by molar-refractivity contribution is 0.0685. The maximum atomic E-state index is 10.9. The van der Waals surface area contributed by atoms with E-state index in [9.17, 15) is 4.79 Å². The Hall–Kier alpha value is -1.58. The van der Waals surface area contributed by atoms with Crippen LogP contribution in [0.15, 0.2) is 18.3 Å². The molecular formula is C15H23NO3. The van der Waals surface area contributed by atoms with Gasteiger partial charge in [-0.2, -0.15) is 0 Å². The molecule has 1 rings (SSSR count). The van der Waals surface area contributed by atoms with Crippen LogP contribution in [0.3, 0.4) is 0 Å². The molecule has 0 unspecified atom stereocenters. The van der Waals surface area contributed by atoms with Gasteiger partial charge in [-0.1, -0.05) is 45.4 Å². The number of ether oxygens (including phenoxy) is 1. The molecule has 0 saturated heterocycles. The monoisotopic (exact) mass is 265 g/mol. The van der Waals surface area contributed by atoms with Crippen molar-refractivity contribution in [2.75, 3.05) is 6.61 Å². The van der Waals surface area contributed by atoms with Crippen molar-refractivity contribution in [1.82, 2.24) is 4.98 Å². The van der Waals surface area contributed by atoms with E-state index in [1.807, 2.05) is 0 Å². The van der Waals surface area contributed by atoms with Crippen LogP contribution in [0.4, 0.5) is 0 Å². The molecule has 0 aromatic carbocycles. The average molecular weight is 265 g/mol. The summed E-state index contributed by atoms with van der Waals surface area (Å²) in [4.78, 5) is 14.7. The van der Waals surface area contributed by atoms with Crippen molar-refractivity contribution in [3.8, 4) is 5.75 Å². The van der Waals surface area contributed by atoms with Crippen LogP contribution in [0, 0.1) is 0 Å². The molecule has 0 fully saturated rings. The number of pyridine rings is 1. The number of hydrogen-bond acceptors (Lipinski definition) is 3. The van der Waals surface area contributed by atoms with E-state index in [1.165, 1.54) is 38.3 Å². The van der Waals surface area contributed by atoms with E-state index in [0.29, 0.717) is 12.4 Å². The van der Waals surface area contributed by atoms with E-state index in [2.05, 4.69) is 11.9 Å². The summed E-state index contributed by atoms with van der Waals surface area (Å²) in [5, 5.41) is 8.95. The molecule has 0 bridgehead atoms. The minimum atomic E-state index is -1.05. The van der Waals surface area contributed by atoms with Crippen LogP contribution in [0.25, 0.3) is 0 Å². The molecule has 4 nitrogen and oxygen atoms in total. The van der Waals surface area contributed by atoms with Gasteiger partial charge in [0.25, 0.3) is 0 Å². The van der Waals surface area contributed by atoms with E-state index in [4.69, 9.17) is 9.84 Å². The number of hydrogen-bond donors (Lipinski definition) is 1. The number of aromatic nitrogens is 1. The Bertz CT molecular complexity index is 379. The van der Waals surface area contributed by atoms with Crippen molar-refractivity contribution >= 4 is 5.97 Å². The van der Waals surface area contributed by atoms with Crippen LogP contribution >= 0.6 is 0 Å². The quantitative estimate of drug-likeness (QED) is 0.652. The Morgan fingerprint density at radius 3 is 2.58 bits per heavy atom. The molecule has 0 aliphatic carbocycles. The number of nitrogens with zero attached hydrogens (tertiary/aromatic N) is 1. The molecule has 0 spiro atoms. The molecule has 0 atom stereocenters. The standard InChI is InChI=1S/C15H23NO3/c1-2-3-4-5-6-7-8-12-19-13-10-9-11-16-14(13)15(17)18/h9-11H,2-8,12H2,1H3,(H,17,18). The van der Waals surface area contributed by atoms with Gasteiger partial charge in [-0.05, 0) is 18.6 Å². The fourth-order valence-electron chi connectivity index (χ4n) is 1.91. The van der Waals surface area contributed by atoms with E-state index in [-0.39, 0.29) is 5.69 Å². The maximum Gasteiger partial charge on any atom is 0.358 e. The van der Waals surface area contributed by atoms with Gasteiger partial charge in [0, 0.05) is 6.20 Å². The van der Waals surface area contributed by atoms with Gasteiger partial charge in [0.2, 0.25) is 0 Å². The van der Waals surface area contributed by atoms with Crippen LogP contribution in [-0.4, -0.2) is 22.7 Å². The second-order valence-electron chi connectivity index (χ2n) is 4.63. The first kappa shape index (κ1) is 15.5. The molecule has 1 N–H and O–H groups in total. The normalized spacial score (nSPS) is 10.4. The Labute approximate surface area is 114 Å². The molecular weight excluding hydrogens is 242 g/mol. The highest BCUT2D eigenvalue weighted by Crippen LogP contribution is 2.16. The summed E-state index contributed by atoms with van der Waals surface area (Å²) < 4.78 is 5.48. The summed E-state index contributed by atoms with van der Waals surface area (Å²) in [5.41, 5.74) is -0.00885. The summed E-state index contributed by atoms with van der Waals surface area (Å²) in [6.07, 6.45) is 9.94. The topological polar surface area (TPSA) is 59.4 Å². The van der Waals surface area contributed by atoms with Crippen molar-refractivity contribution in [3.05, 3.63) is 24.0 Å². The van der Waals surface area contributed by atoms with Crippen molar-refractivity contribution < 1.29 is 14.6 Å². The molecule has 0 aliphatic heterocycles. The molecule has 0 radical (unpaired) electrons. The third-order valence-electron chi connectivity index (χ3n) is 2.98. The second kappa shape index (κ2) is 9.36. The fraction of sp³-hybridized carbons (Fsp3) is 0.600. The summed E-state index contributed by atoms with van der Waals surface area (Å²) in [7, 11) is 0. The van der Waals surface area contributed by atoms with Crippen LogP contribution in [0.2, 0.25) is 0 Å². The van der Waals surface area contributed by atoms with Crippen molar-refractivity contribution in [3.63, 3.8) is 0 Å². The smallest absolute Gasteiger partial charge is 0.358 e. The fourth-order valence-corrected chi connectivity index (χ4v) is 1.91. The van der Waals surface area contributed by atoms with Crippen LogP contribution < -0.4 is 4.74 Å². The highest BCUT2D eigenvalue weighted by molar-refractivity contribution is 5.88. The molecule has 106 valence electrons. The first-order valence-electron chi connectivity index (χ1n) is 7.06. The van der Waals surface area contributed by atoms with Crippen LogP contribution in [-0.2, 0) is 0 Å². The number of aromatic carboxylic acids is 1. The summed E-state index contributed by atoms with van der Waals surface area (Å²) >= 11 is 0. The van der Waals surface area contributed by atoms with E-state index in [1.54, 1.807) is 12.1 Å². The Kier molecular flexibility index (Phi) is 7.63. The third-order valence-corrected chi connectivity index (χ3v) is 2.98. The molecule has 1 heterocycles. The van der Waals surface area contributed by atoms with Gasteiger partial charge in [-0.15, -0.1) is 0 Å². The molecule has 1 aromatic rings. The van der Waals surface area contributed by atoms with Gasteiger partial charge in [0.1, 0.15) is 0 Å². The number of unbranched alkanes of at least 4 members (excludes halogenated alkanes) is 6. The first-order chi connectivity index (χ1) is 9.25. The predicted octanol–water partition coefficient (Wildman–Crippen LogP) is 3.91. The predicted molar refractivity (Wildman–Crippen MR) is 74.7 cm³/mol. The lowest BCUT2D eigenvalue weighted by Crippen LogP contribution is -2.06. The van der Waals surface area contributed by atoms with Crippen molar-refractivity contribution in [2.45, 2.75) is 51.9 Å². The van der Waals surface area contributed by atoms with Crippen molar-refractivity contribution in [2.24, 2.45) is 0 Å². The van der Waals surface area contributed by atoms with Crippen molar-refractivity contribution in [1.29, 1.82) is 0 Å². The van der Waals surface area contributed by atoms with Crippen LogP contribution in [0.1, 0.15) is 62.4 Å². The van der Waals surface area contributed by atoms with E-state index >= 15 is 0 Å². The number of rotatable bonds is 10. The summed E-state index contributed by atoms with van der Waals surface area (Å²) in [6.45, 7) is 2.77. The van der Waals surface area contributed by atoms with E-state index in [0.717, 1.165) is 12.8 Å². The number of carboxylic acids is 1. The minimum Gasteiger partial charge on any atom is -0.491 e. The zero-order valence-corrected chi connectivity index (χ0v) is 11.6. The molecule has 19 heavy (non-hydrogen) atoms. The SMILES string of the molecule is CCCCCCCCCOc1cccnc1C(=O)O. The lowest BCUT2D eigenvalue weighted by Gasteiger charge is -2.07. The zero-order valence-electron chi connectivity index (χ0n) is 11.6. The van der Waals surface area contributed by atoms with Gasteiger partial charge in [-0.3, -0.25) is 0 Å². The first-order valence-corrected chi connectivity index (χ1v) is 7.06. The highest BCUT2D eigenvalue weighted by Gasteiger charge is 2.11. The Morgan fingerprint density at radius 1 is 1.21 bits per heavy atom. The van der Waals surface area contributed by atoms with Gasteiger partial charge in [0.05, 0.1) is 6.61 Å². The molecule has 0 amide bonds. The molecule has 1 aromatic heterocycles. The Morgan fingerprint density at radius 2 is 1.89 bits per heavy atom. The van der Waals surface area contributed by atoms with Crippen LogP contribution in [0.5, 0.6) is 5.75 Å². The van der Waals surface area contributed by atoms with Gasteiger partial charge in [-0.25, -0.2) is 9.78 Å². The minimum absolute atomic E-state index is 0.00885. The second-order valence-corrected chi connectivity index (χ2v) is 4.63. The van der Waals surface area contributed by atoms with Gasteiger partial charge in [0.15, 0.2) is 11.4 Å². The number of carbonyl (C=O) groups is 1. The molecule has 4 heteroatoms. The molecule has 0 aliphatic rings. The average Bonchev–Trinajstić information content (AvgIpc) is 2.42. The van der Waals surface area contributed by atoms with E-state index < -0.39 is 5.97 Å². The third kappa shape index (κ3) is 6.22. The Balaban J connectivity index is 2.17. The van der Waals surface area contributed by atoms with Gasteiger partial charge < -0.3 is 9.84 Å². The lowest BCUT2D eigenvalue weighted by atomic mass is 10.1. The highest BCUT2D eigenvalue weighted by atomic mass is 16.5. The summed E-state index contributed by atoms with van der Waals surface area (Å²) in [6, 6.07) is 3.34. The van der Waals surface area contributed by atoms with Gasteiger partial charge >= 0.3 is 5.97 Å².